The van der Waals surface area contributed by atoms with Gasteiger partial charge in [0.1, 0.15) is 18.0 Å². The first-order valence-electron chi connectivity index (χ1n) is 8.15. The minimum atomic E-state index is -0.497. The molecule has 0 unspecified atom stereocenters. The standard InChI is InChI=1S/C19H20FN5/c1-15-18(20)23-14-24-19(15)22-11-12-25(17-9-5-6-10-21-17)13-16-7-3-2-4-8-16/h2-10,14H,11-13H2,1H3,(H,22,23,24). The lowest BCUT2D eigenvalue weighted by Crippen LogP contribution is -2.29. The third-order valence-electron chi connectivity index (χ3n) is 3.89. The van der Waals surface area contributed by atoms with Gasteiger partial charge in [-0.2, -0.15) is 4.39 Å². The molecule has 0 aliphatic rings. The first-order chi connectivity index (χ1) is 12.2. The predicted molar refractivity (Wildman–Crippen MR) is 96.9 cm³/mol. The second kappa shape index (κ2) is 8.19. The summed E-state index contributed by atoms with van der Waals surface area (Å²) in [5.41, 5.74) is 1.63. The van der Waals surface area contributed by atoms with Crippen LogP contribution < -0.4 is 10.2 Å². The third-order valence-corrected chi connectivity index (χ3v) is 3.89. The fourth-order valence-corrected chi connectivity index (χ4v) is 2.54. The van der Waals surface area contributed by atoms with Crippen molar-refractivity contribution in [3.05, 3.63) is 78.1 Å². The lowest BCUT2D eigenvalue weighted by atomic mass is 10.2. The van der Waals surface area contributed by atoms with E-state index in [1.54, 1.807) is 13.1 Å². The molecule has 0 saturated heterocycles. The minimum Gasteiger partial charge on any atom is -0.368 e. The van der Waals surface area contributed by atoms with Crippen molar-refractivity contribution < 1.29 is 4.39 Å². The highest BCUT2D eigenvalue weighted by molar-refractivity contribution is 5.43. The van der Waals surface area contributed by atoms with Crippen LogP contribution >= 0.6 is 0 Å². The summed E-state index contributed by atoms with van der Waals surface area (Å²) in [5.74, 6) is 0.926. The average molecular weight is 337 g/mol. The number of hydrogen-bond acceptors (Lipinski definition) is 5. The van der Waals surface area contributed by atoms with Crippen molar-refractivity contribution in [2.24, 2.45) is 0 Å². The quantitative estimate of drug-likeness (QED) is 0.669. The molecule has 5 nitrogen and oxygen atoms in total. The zero-order chi connectivity index (χ0) is 17.5. The molecule has 0 aliphatic heterocycles. The molecule has 128 valence electrons. The third kappa shape index (κ3) is 4.50. The second-order valence-electron chi connectivity index (χ2n) is 5.66. The van der Waals surface area contributed by atoms with Crippen LogP contribution in [0.1, 0.15) is 11.1 Å². The monoisotopic (exact) mass is 337 g/mol. The number of hydrogen-bond donors (Lipinski definition) is 1. The smallest absolute Gasteiger partial charge is 0.220 e. The van der Waals surface area contributed by atoms with Crippen molar-refractivity contribution in [2.75, 3.05) is 23.3 Å². The van der Waals surface area contributed by atoms with Gasteiger partial charge in [-0.05, 0) is 24.6 Å². The number of aromatic nitrogens is 3. The van der Waals surface area contributed by atoms with E-state index in [0.717, 1.165) is 12.4 Å². The summed E-state index contributed by atoms with van der Waals surface area (Å²) in [4.78, 5) is 14.3. The van der Waals surface area contributed by atoms with E-state index in [4.69, 9.17) is 0 Å². The molecule has 6 heteroatoms. The number of anilines is 2. The maximum absolute atomic E-state index is 13.5. The molecule has 3 aromatic rings. The summed E-state index contributed by atoms with van der Waals surface area (Å²) in [6, 6.07) is 16.1. The number of nitrogens with one attached hydrogen (secondary N) is 1. The van der Waals surface area contributed by atoms with Crippen molar-refractivity contribution in [1.29, 1.82) is 0 Å². The zero-order valence-electron chi connectivity index (χ0n) is 14.1. The van der Waals surface area contributed by atoms with E-state index in [-0.39, 0.29) is 0 Å². The molecular weight excluding hydrogens is 317 g/mol. The molecule has 0 amide bonds. The molecule has 25 heavy (non-hydrogen) atoms. The van der Waals surface area contributed by atoms with Crippen molar-refractivity contribution in [2.45, 2.75) is 13.5 Å². The van der Waals surface area contributed by atoms with Gasteiger partial charge in [-0.3, -0.25) is 0 Å². The molecule has 3 rings (SSSR count). The molecule has 0 atom stereocenters. The molecule has 1 aromatic carbocycles. The number of nitrogens with zero attached hydrogens (tertiary/aromatic N) is 4. The van der Waals surface area contributed by atoms with Gasteiger partial charge in [-0.15, -0.1) is 0 Å². The van der Waals surface area contributed by atoms with Crippen LogP contribution in [0.25, 0.3) is 0 Å². The van der Waals surface area contributed by atoms with E-state index in [2.05, 4.69) is 37.3 Å². The van der Waals surface area contributed by atoms with Gasteiger partial charge in [0, 0.05) is 31.4 Å². The first kappa shape index (κ1) is 16.8. The van der Waals surface area contributed by atoms with Crippen molar-refractivity contribution in [3.8, 4) is 0 Å². The Morgan fingerprint density at radius 3 is 2.56 bits per heavy atom. The number of rotatable bonds is 7. The van der Waals surface area contributed by atoms with Crippen LogP contribution in [0.2, 0.25) is 0 Å². The SMILES string of the molecule is Cc1c(F)ncnc1NCCN(Cc1ccccc1)c1ccccn1. The average Bonchev–Trinajstić information content (AvgIpc) is 2.66. The second-order valence-corrected chi connectivity index (χ2v) is 5.66. The Balaban J connectivity index is 1.68. The molecule has 0 fully saturated rings. The molecular formula is C19H20FN5. The van der Waals surface area contributed by atoms with E-state index in [9.17, 15) is 4.39 Å². The van der Waals surface area contributed by atoms with Crippen LogP contribution in [-0.2, 0) is 6.54 Å². The largest absolute Gasteiger partial charge is 0.368 e. The molecule has 2 aromatic heterocycles. The summed E-state index contributed by atoms with van der Waals surface area (Å²) in [6.45, 7) is 3.73. The highest BCUT2D eigenvalue weighted by atomic mass is 19.1. The first-order valence-corrected chi connectivity index (χ1v) is 8.15. The zero-order valence-corrected chi connectivity index (χ0v) is 14.1. The van der Waals surface area contributed by atoms with Gasteiger partial charge in [0.25, 0.3) is 0 Å². The summed E-state index contributed by atoms with van der Waals surface area (Å²) in [5, 5.41) is 3.18. The molecule has 2 heterocycles. The Morgan fingerprint density at radius 2 is 1.80 bits per heavy atom. The van der Waals surface area contributed by atoms with Gasteiger partial charge >= 0.3 is 0 Å². The Bertz CT molecular complexity index is 795. The van der Waals surface area contributed by atoms with Crippen LogP contribution in [0.5, 0.6) is 0 Å². The van der Waals surface area contributed by atoms with E-state index in [1.807, 2.05) is 36.4 Å². The summed E-state index contributed by atoms with van der Waals surface area (Å²) in [7, 11) is 0. The van der Waals surface area contributed by atoms with E-state index >= 15 is 0 Å². The topological polar surface area (TPSA) is 53.9 Å². The molecule has 0 spiro atoms. The van der Waals surface area contributed by atoms with Crippen molar-refractivity contribution >= 4 is 11.6 Å². The van der Waals surface area contributed by atoms with Crippen LogP contribution in [-0.4, -0.2) is 28.0 Å². The Morgan fingerprint density at radius 1 is 1.00 bits per heavy atom. The highest BCUT2D eigenvalue weighted by Crippen LogP contribution is 2.15. The van der Waals surface area contributed by atoms with E-state index in [0.29, 0.717) is 24.5 Å². The van der Waals surface area contributed by atoms with Crippen LogP contribution in [0.4, 0.5) is 16.0 Å². The van der Waals surface area contributed by atoms with Crippen molar-refractivity contribution in [1.82, 2.24) is 15.0 Å². The summed E-state index contributed by atoms with van der Waals surface area (Å²) < 4.78 is 13.5. The number of halogens is 1. The van der Waals surface area contributed by atoms with Gasteiger partial charge in [-0.25, -0.2) is 15.0 Å². The Labute approximate surface area is 146 Å². The molecule has 0 bridgehead atoms. The lowest BCUT2D eigenvalue weighted by molar-refractivity contribution is 0.570. The molecule has 0 aliphatic carbocycles. The maximum Gasteiger partial charge on any atom is 0.220 e. The molecule has 1 N–H and O–H groups in total. The van der Waals surface area contributed by atoms with Crippen LogP contribution in [0, 0.1) is 12.9 Å². The lowest BCUT2D eigenvalue weighted by Gasteiger charge is -2.24. The predicted octanol–water partition coefficient (Wildman–Crippen LogP) is 3.44. The summed E-state index contributed by atoms with van der Waals surface area (Å²) >= 11 is 0. The fourth-order valence-electron chi connectivity index (χ4n) is 2.54. The molecule has 0 radical (unpaired) electrons. The van der Waals surface area contributed by atoms with Gasteiger partial charge in [0.05, 0.1) is 0 Å². The number of benzene rings is 1. The molecule has 0 saturated carbocycles. The van der Waals surface area contributed by atoms with Crippen LogP contribution in [0.15, 0.2) is 61.1 Å². The van der Waals surface area contributed by atoms with Crippen LogP contribution in [0.3, 0.4) is 0 Å². The van der Waals surface area contributed by atoms with Gasteiger partial charge in [-0.1, -0.05) is 36.4 Å². The van der Waals surface area contributed by atoms with E-state index < -0.39 is 5.95 Å². The minimum absolute atomic E-state index is 0.426. The van der Waals surface area contributed by atoms with Gasteiger partial charge in [0.2, 0.25) is 5.95 Å². The summed E-state index contributed by atoms with van der Waals surface area (Å²) in [6.07, 6.45) is 3.01. The van der Waals surface area contributed by atoms with Gasteiger partial charge < -0.3 is 10.2 Å². The normalized spacial score (nSPS) is 10.5. The van der Waals surface area contributed by atoms with Crippen molar-refractivity contribution in [3.63, 3.8) is 0 Å². The maximum atomic E-state index is 13.5. The highest BCUT2D eigenvalue weighted by Gasteiger charge is 2.10. The number of pyridine rings is 1. The Hall–Kier alpha value is -3.02. The fraction of sp³-hybridized carbons (Fsp3) is 0.211. The van der Waals surface area contributed by atoms with Gasteiger partial charge in [0.15, 0.2) is 0 Å². The Kier molecular flexibility index (Phi) is 5.51. The van der Waals surface area contributed by atoms with E-state index in [1.165, 1.54) is 11.9 Å².